The maximum absolute atomic E-state index is 14.0. The third-order valence-electron chi connectivity index (χ3n) is 5.40. The third-order valence-corrected chi connectivity index (χ3v) is 5.40. The van der Waals surface area contributed by atoms with E-state index in [9.17, 15) is 19.3 Å². The third kappa shape index (κ3) is 5.70. The fourth-order valence-corrected chi connectivity index (χ4v) is 3.56. The summed E-state index contributed by atoms with van der Waals surface area (Å²) in [5, 5.41) is 18.4. The predicted octanol–water partition coefficient (Wildman–Crippen LogP) is 5.43. The molecule has 178 valence electrons. The molecule has 4 aromatic rings. The molecular weight excluding hydrogens is 451 g/mol. The first kappa shape index (κ1) is 23.6. The number of aromatic nitrogens is 2. The minimum absolute atomic E-state index is 0.0569. The van der Waals surface area contributed by atoms with Gasteiger partial charge in [0.05, 0.1) is 11.5 Å². The quantitative estimate of drug-likeness (QED) is 0.271. The van der Waals surface area contributed by atoms with Gasteiger partial charge in [0, 0.05) is 29.0 Å². The van der Waals surface area contributed by atoms with Crippen LogP contribution in [0.4, 0.5) is 15.9 Å². The maximum atomic E-state index is 14.0. The predicted molar refractivity (Wildman–Crippen MR) is 129 cm³/mol. The summed E-state index contributed by atoms with van der Waals surface area (Å²) in [6.45, 7) is 3.89. The number of benzene rings is 3. The second kappa shape index (κ2) is 10.2. The Bertz CT molecular complexity index is 1400. The SMILES string of the molecule is Cc1ccc(OCc2cccc(C(=O)Nc3cc(C)n(Cc4ccccc4F)n3)c2)c([N+](=O)[O-])c1. The molecule has 0 aliphatic heterocycles. The van der Waals surface area contributed by atoms with Gasteiger partial charge in [0.1, 0.15) is 12.4 Å². The molecule has 0 radical (unpaired) electrons. The maximum Gasteiger partial charge on any atom is 0.311 e. The second-order valence-corrected chi connectivity index (χ2v) is 8.09. The van der Waals surface area contributed by atoms with Gasteiger partial charge in [-0.05, 0) is 49.2 Å². The molecule has 0 aliphatic carbocycles. The van der Waals surface area contributed by atoms with Gasteiger partial charge in [-0.1, -0.05) is 36.4 Å². The topological polar surface area (TPSA) is 99.3 Å². The summed E-state index contributed by atoms with van der Waals surface area (Å²) >= 11 is 0. The van der Waals surface area contributed by atoms with E-state index in [-0.39, 0.29) is 36.3 Å². The van der Waals surface area contributed by atoms with Crippen molar-refractivity contribution >= 4 is 17.4 Å². The highest BCUT2D eigenvalue weighted by Gasteiger charge is 2.16. The smallest absolute Gasteiger partial charge is 0.311 e. The van der Waals surface area contributed by atoms with Gasteiger partial charge in [-0.3, -0.25) is 19.6 Å². The number of carbonyl (C=O) groups is 1. The molecule has 1 aromatic heterocycles. The van der Waals surface area contributed by atoms with Gasteiger partial charge in [-0.2, -0.15) is 5.10 Å². The Hall–Kier alpha value is -4.53. The van der Waals surface area contributed by atoms with Crippen LogP contribution < -0.4 is 10.1 Å². The number of nitrogens with zero attached hydrogens (tertiary/aromatic N) is 3. The Kier molecular flexibility index (Phi) is 6.86. The van der Waals surface area contributed by atoms with E-state index in [1.54, 1.807) is 72.3 Å². The lowest BCUT2D eigenvalue weighted by molar-refractivity contribution is -0.386. The van der Waals surface area contributed by atoms with E-state index in [1.165, 1.54) is 12.1 Å². The van der Waals surface area contributed by atoms with Crippen molar-refractivity contribution in [1.82, 2.24) is 9.78 Å². The summed E-state index contributed by atoms with van der Waals surface area (Å²) in [6, 6.07) is 19.7. The van der Waals surface area contributed by atoms with Gasteiger partial charge >= 0.3 is 5.69 Å². The van der Waals surface area contributed by atoms with E-state index in [1.807, 2.05) is 6.92 Å². The number of hydrogen-bond donors (Lipinski definition) is 1. The van der Waals surface area contributed by atoms with Crippen molar-refractivity contribution in [3.63, 3.8) is 0 Å². The highest BCUT2D eigenvalue weighted by atomic mass is 19.1. The molecule has 0 bridgehead atoms. The van der Waals surface area contributed by atoms with Crippen LogP contribution in [0.5, 0.6) is 5.75 Å². The number of carbonyl (C=O) groups excluding carboxylic acids is 1. The largest absolute Gasteiger partial charge is 0.482 e. The van der Waals surface area contributed by atoms with Crippen molar-refractivity contribution < 1.29 is 18.8 Å². The minimum Gasteiger partial charge on any atom is -0.482 e. The summed E-state index contributed by atoms with van der Waals surface area (Å²) in [6.07, 6.45) is 0. The van der Waals surface area contributed by atoms with Gasteiger partial charge in [0.2, 0.25) is 0 Å². The number of nitrogens with one attached hydrogen (secondary N) is 1. The molecule has 35 heavy (non-hydrogen) atoms. The normalized spacial score (nSPS) is 10.7. The summed E-state index contributed by atoms with van der Waals surface area (Å²) in [5.41, 5.74) is 2.97. The number of nitro groups is 1. The fraction of sp³-hybridized carbons (Fsp3) is 0.154. The molecule has 0 atom stereocenters. The molecule has 0 saturated heterocycles. The first-order valence-corrected chi connectivity index (χ1v) is 10.9. The lowest BCUT2D eigenvalue weighted by Gasteiger charge is -2.09. The van der Waals surface area contributed by atoms with Crippen molar-refractivity contribution in [3.05, 3.63) is 117 Å². The van der Waals surface area contributed by atoms with Crippen molar-refractivity contribution in [3.8, 4) is 5.75 Å². The Morgan fingerprint density at radius 1 is 1.09 bits per heavy atom. The summed E-state index contributed by atoms with van der Waals surface area (Å²) in [5.74, 6) is -0.182. The van der Waals surface area contributed by atoms with Gasteiger partial charge in [0.25, 0.3) is 5.91 Å². The molecule has 0 unspecified atom stereocenters. The molecule has 0 saturated carbocycles. The van der Waals surface area contributed by atoms with Crippen molar-refractivity contribution in [2.75, 3.05) is 5.32 Å². The number of hydrogen-bond acceptors (Lipinski definition) is 5. The van der Waals surface area contributed by atoms with Gasteiger partial charge in [-0.15, -0.1) is 0 Å². The van der Waals surface area contributed by atoms with Gasteiger partial charge < -0.3 is 10.1 Å². The lowest BCUT2D eigenvalue weighted by Crippen LogP contribution is -2.13. The van der Waals surface area contributed by atoms with E-state index in [0.717, 1.165) is 11.3 Å². The minimum atomic E-state index is -0.487. The van der Waals surface area contributed by atoms with E-state index < -0.39 is 4.92 Å². The zero-order chi connectivity index (χ0) is 24.9. The van der Waals surface area contributed by atoms with Crippen LogP contribution in [0, 0.1) is 29.8 Å². The van der Waals surface area contributed by atoms with Gasteiger partial charge in [0.15, 0.2) is 11.6 Å². The monoisotopic (exact) mass is 474 g/mol. The number of anilines is 1. The molecule has 0 aliphatic rings. The molecule has 0 spiro atoms. The number of ether oxygens (including phenoxy) is 1. The lowest BCUT2D eigenvalue weighted by atomic mass is 10.1. The Labute approximate surface area is 201 Å². The highest BCUT2D eigenvalue weighted by Crippen LogP contribution is 2.28. The zero-order valence-corrected chi connectivity index (χ0v) is 19.2. The molecule has 1 amide bonds. The number of halogens is 1. The first-order chi connectivity index (χ1) is 16.8. The van der Waals surface area contributed by atoms with Crippen LogP contribution in [-0.4, -0.2) is 20.6 Å². The molecule has 1 N–H and O–H groups in total. The Morgan fingerprint density at radius 2 is 1.89 bits per heavy atom. The molecule has 9 heteroatoms. The van der Waals surface area contributed by atoms with E-state index >= 15 is 0 Å². The second-order valence-electron chi connectivity index (χ2n) is 8.09. The summed E-state index contributed by atoms with van der Waals surface area (Å²) in [7, 11) is 0. The van der Waals surface area contributed by atoms with Crippen LogP contribution in [0.1, 0.15) is 32.7 Å². The number of rotatable bonds is 8. The van der Waals surface area contributed by atoms with E-state index in [2.05, 4.69) is 10.4 Å². The first-order valence-electron chi connectivity index (χ1n) is 10.9. The number of nitro benzene ring substituents is 1. The van der Waals surface area contributed by atoms with E-state index in [0.29, 0.717) is 22.5 Å². The average molecular weight is 474 g/mol. The molecule has 8 nitrogen and oxygen atoms in total. The van der Waals surface area contributed by atoms with E-state index in [4.69, 9.17) is 4.74 Å². The zero-order valence-electron chi connectivity index (χ0n) is 19.2. The van der Waals surface area contributed by atoms with Crippen LogP contribution in [-0.2, 0) is 13.2 Å². The fourth-order valence-electron chi connectivity index (χ4n) is 3.56. The van der Waals surface area contributed by atoms with Crippen LogP contribution in [0.2, 0.25) is 0 Å². The summed E-state index contributed by atoms with van der Waals surface area (Å²) < 4.78 is 21.3. The van der Waals surface area contributed by atoms with Crippen molar-refractivity contribution in [1.29, 1.82) is 0 Å². The average Bonchev–Trinajstić information content (AvgIpc) is 3.18. The van der Waals surface area contributed by atoms with Crippen LogP contribution in [0.15, 0.2) is 72.8 Å². The Balaban J connectivity index is 1.43. The molecular formula is C26H23FN4O4. The van der Waals surface area contributed by atoms with Crippen LogP contribution in [0.25, 0.3) is 0 Å². The molecule has 0 fully saturated rings. The Morgan fingerprint density at radius 3 is 2.66 bits per heavy atom. The van der Waals surface area contributed by atoms with Crippen LogP contribution in [0.3, 0.4) is 0 Å². The standard InChI is InChI=1S/C26H23FN4O4/c1-17-10-11-24(23(12-17)31(33)34)35-16-19-6-5-8-20(14-19)26(32)28-25-13-18(2)30(29-25)15-21-7-3-4-9-22(21)27/h3-14H,15-16H2,1-2H3,(H,28,29,32). The molecule has 3 aromatic carbocycles. The summed E-state index contributed by atoms with van der Waals surface area (Å²) in [4.78, 5) is 23.6. The van der Waals surface area contributed by atoms with Crippen molar-refractivity contribution in [2.45, 2.75) is 27.0 Å². The molecule has 4 rings (SSSR count). The molecule has 1 heterocycles. The van der Waals surface area contributed by atoms with Crippen molar-refractivity contribution in [2.24, 2.45) is 0 Å². The van der Waals surface area contributed by atoms with Gasteiger partial charge in [-0.25, -0.2) is 4.39 Å². The van der Waals surface area contributed by atoms with Crippen LogP contribution >= 0.6 is 0 Å². The number of aryl methyl sites for hydroxylation is 2. The highest BCUT2D eigenvalue weighted by molar-refractivity contribution is 6.03. The number of amides is 1.